The second kappa shape index (κ2) is 8.47. The molecule has 0 saturated heterocycles. The summed E-state index contributed by atoms with van der Waals surface area (Å²) in [6.45, 7) is 1.69. The van der Waals surface area contributed by atoms with Gasteiger partial charge in [-0.25, -0.2) is 8.78 Å². The second-order valence-electron chi connectivity index (χ2n) is 7.30. The van der Waals surface area contributed by atoms with Crippen molar-refractivity contribution < 1.29 is 23.2 Å². The number of pyridine rings is 1. The van der Waals surface area contributed by atoms with Crippen LogP contribution in [0.1, 0.15) is 32.0 Å². The number of nitrogens with zero attached hydrogens (tertiary/aromatic N) is 2. The van der Waals surface area contributed by atoms with E-state index < -0.39 is 35.4 Å². The molecule has 2 heterocycles. The van der Waals surface area contributed by atoms with Crippen molar-refractivity contribution in [3.8, 4) is 0 Å². The first-order valence-electron chi connectivity index (χ1n) is 9.59. The van der Waals surface area contributed by atoms with Gasteiger partial charge in [-0.2, -0.15) is 0 Å². The van der Waals surface area contributed by atoms with Crippen LogP contribution >= 0.6 is 11.6 Å². The average Bonchev–Trinajstić information content (AvgIpc) is 2.99. The summed E-state index contributed by atoms with van der Waals surface area (Å²) in [5.41, 5.74) is 1.22. The molecular formula is C23H16ClF2N3O3. The summed E-state index contributed by atoms with van der Waals surface area (Å²) < 4.78 is 27.5. The number of anilines is 1. The number of imide groups is 1. The number of amides is 3. The SMILES string of the molecule is Cc1ncc(NC(=O)C(Cc2cc(F)cc(F)c2)N2C(=O)c3ccccc3C2=O)cc1Cl. The Bertz CT molecular complexity index is 1210. The first-order chi connectivity index (χ1) is 15.2. The van der Waals surface area contributed by atoms with Gasteiger partial charge < -0.3 is 5.32 Å². The quantitative estimate of drug-likeness (QED) is 0.586. The van der Waals surface area contributed by atoms with E-state index in [-0.39, 0.29) is 28.8 Å². The van der Waals surface area contributed by atoms with Crippen molar-refractivity contribution in [2.75, 3.05) is 5.32 Å². The van der Waals surface area contributed by atoms with E-state index >= 15 is 0 Å². The highest BCUT2D eigenvalue weighted by atomic mass is 35.5. The maximum atomic E-state index is 13.7. The van der Waals surface area contributed by atoms with Crippen LogP contribution in [0.2, 0.25) is 5.02 Å². The Morgan fingerprint density at radius 3 is 2.22 bits per heavy atom. The molecule has 0 aliphatic carbocycles. The third kappa shape index (κ3) is 4.09. The van der Waals surface area contributed by atoms with E-state index in [1.165, 1.54) is 24.4 Å². The lowest BCUT2D eigenvalue weighted by molar-refractivity contribution is -0.119. The van der Waals surface area contributed by atoms with E-state index in [0.717, 1.165) is 17.0 Å². The standard InChI is InChI=1S/C23H16ClF2N3O3/c1-12-19(24)10-16(11-27-12)28-21(30)20(8-13-6-14(25)9-15(26)7-13)29-22(31)17-4-2-3-5-18(17)23(29)32/h2-7,9-11,20H,8H2,1H3,(H,28,30). The van der Waals surface area contributed by atoms with Crippen molar-refractivity contribution in [3.05, 3.63) is 93.8 Å². The third-order valence-corrected chi connectivity index (χ3v) is 5.47. The summed E-state index contributed by atoms with van der Waals surface area (Å²) >= 11 is 6.06. The molecule has 0 fully saturated rings. The largest absolute Gasteiger partial charge is 0.323 e. The van der Waals surface area contributed by atoms with Gasteiger partial charge in [0.15, 0.2) is 0 Å². The van der Waals surface area contributed by atoms with Gasteiger partial charge in [0, 0.05) is 12.5 Å². The first-order valence-corrected chi connectivity index (χ1v) is 9.97. The number of benzene rings is 2. The maximum Gasteiger partial charge on any atom is 0.262 e. The molecule has 2 aromatic carbocycles. The zero-order valence-electron chi connectivity index (χ0n) is 16.7. The highest BCUT2D eigenvalue weighted by Gasteiger charge is 2.42. The summed E-state index contributed by atoms with van der Waals surface area (Å²) in [4.78, 5) is 44.0. The molecule has 162 valence electrons. The van der Waals surface area contributed by atoms with Crippen LogP contribution in [0, 0.1) is 18.6 Å². The molecule has 1 aliphatic heterocycles. The number of hydrogen-bond acceptors (Lipinski definition) is 4. The number of hydrogen-bond donors (Lipinski definition) is 1. The molecular weight excluding hydrogens is 440 g/mol. The van der Waals surface area contributed by atoms with Gasteiger partial charge in [0.25, 0.3) is 11.8 Å². The Morgan fingerprint density at radius 1 is 1.06 bits per heavy atom. The number of nitrogens with one attached hydrogen (secondary N) is 1. The smallest absolute Gasteiger partial charge is 0.262 e. The minimum absolute atomic E-state index is 0.110. The zero-order valence-corrected chi connectivity index (χ0v) is 17.5. The van der Waals surface area contributed by atoms with E-state index in [4.69, 9.17) is 11.6 Å². The minimum Gasteiger partial charge on any atom is -0.323 e. The molecule has 0 bridgehead atoms. The number of fused-ring (bicyclic) bond motifs is 1. The molecule has 32 heavy (non-hydrogen) atoms. The molecule has 0 saturated carbocycles. The molecule has 6 nitrogen and oxygen atoms in total. The van der Waals surface area contributed by atoms with E-state index in [1.54, 1.807) is 19.1 Å². The summed E-state index contributed by atoms with van der Waals surface area (Å²) in [6.07, 6.45) is 1.08. The highest BCUT2D eigenvalue weighted by molar-refractivity contribution is 6.31. The van der Waals surface area contributed by atoms with Gasteiger partial charge in [-0.1, -0.05) is 23.7 Å². The fourth-order valence-corrected chi connectivity index (χ4v) is 3.71. The Morgan fingerprint density at radius 2 is 1.66 bits per heavy atom. The summed E-state index contributed by atoms with van der Waals surface area (Å²) in [6, 6.07) is 9.06. The first kappa shape index (κ1) is 21.6. The van der Waals surface area contributed by atoms with Gasteiger partial charge >= 0.3 is 0 Å². The van der Waals surface area contributed by atoms with Crippen LogP contribution in [0.3, 0.4) is 0 Å². The van der Waals surface area contributed by atoms with Gasteiger partial charge in [0.2, 0.25) is 5.91 Å². The van der Waals surface area contributed by atoms with Crippen LogP contribution in [-0.4, -0.2) is 33.6 Å². The average molecular weight is 456 g/mol. The van der Waals surface area contributed by atoms with E-state index in [9.17, 15) is 23.2 Å². The molecule has 0 spiro atoms. The van der Waals surface area contributed by atoms with Crippen LogP contribution in [0.5, 0.6) is 0 Å². The number of aryl methyl sites for hydroxylation is 1. The molecule has 1 aliphatic rings. The molecule has 1 N–H and O–H groups in total. The summed E-state index contributed by atoms with van der Waals surface area (Å²) in [7, 11) is 0. The molecule has 1 aromatic heterocycles. The second-order valence-corrected chi connectivity index (χ2v) is 7.71. The summed E-state index contributed by atoms with van der Waals surface area (Å²) in [5, 5.41) is 2.90. The summed E-state index contributed by atoms with van der Waals surface area (Å²) in [5.74, 6) is -3.73. The monoisotopic (exact) mass is 455 g/mol. The van der Waals surface area contributed by atoms with Gasteiger partial charge in [-0.3, -0.25) is 24.3 Å². The predicted octanol–water partition coefficient (Wildman–Crippen LogP) is 4.17. The lowest BCUT2D eigenvalue weighted by Gasteiger charge is -2.25. The normalized spacial score (nSPS) is 13.8. The Hall–Kier alpha value is -3.65. The Kier molecular flexibility index (Phi) is 5.71. The third-order valence-electron chi connectivity index (χ3n) is 5.08. The van der Waals surface area contributed by atoms with E-state index in [0.29, 0.717) is 16.8 Å². The van der Waals surface area contributed by atoms with Crippen LogP contribution < -0.4 is 5.32 Å². The van der Waals surface area contributed by atoms with Crippen molar-refractivity contribution >= 4 is 35.0 Å². The predicted molar refractivity (Wildman–Crippen MR) is 113 cm³/mol. The molecule has 3 amide bonds. The molecule has 1 atom stereocenters. The molecule has 1 unspecified atom stereocenters. The van der Waals surface area contributed by atoms with Crippen LogP contribution in [0.15, 0.2) is 54.7 Å². The fourth-order valence-electron chi connectivity index (χ4n) is 3.54. The van der Waals surface area contributed by atoms with Crippen molar-refractivity contribution in [1.82, 2.24) is 9.88 Å². The van der Waals surface area contributed by atoms with Gasteiger partial charge in [-0.15, -0.1) is 0 Å². The van der Waals surface area contributed by atoms with Crippen LogP contribution in [-0.2, 0) is 11.2 Å². The van der Waals surface area contributed by atoms with Crippen molar-refractivity contribution in [3.63, 3.8) is 0 Å². The van der Waals surface area contributed by atoms with Gasteiger partial charge in [0.05, 0.1) is 33.7 Å². The van der Waals surface area contributed by atoms with Crippen molar-refractivity contribution in [1.29, 1.82) is 0 Å². The van der Waals surface area contributed by atoms with Crippen molar-refractivity contribution in [2.45, 2.75) is 19.4 Å². The molecule has 3 aromatic rings. The number of halogens is 3. The maximum absolute atomic E-state index is 13.7. The number of carbonyl (C=O) groups is 3. The fraction of sp³-hybridized carbons (Fsp3) is 0.130. The molecule has 9 heteroatoms. The van der Waals surface area contributed by atoms with Crippen LogP contribution in [0.4, 0.5) is 14.5 Å². The van der Waals surface area contributed by atoms with Crippen LogP contribution in [0.25, 0.3) is 0 Å². The highest BCUT2D eigenvalue weighted by Crippen LogP contribution is 2.27. The van der Waals surface area contributed by atoms with E-state index in [1.807, 2.05) is 0 Å². The number of rotatable bonds is 5. The molecule has 4 rings (SSSR count). The Labute approximate surface area is 186 Å². The van der Waals surface area contributed by atoms with E-state index in [2.05, 4.69) is 10.3 Å². The Balaban J connectivity index is 1.71. The lowest BCUT2D eigenvalue weighted by atomic mass is 10.0. The molecule has 0 radical (unpaired) electrons. The van der Waals surface area contributed by atoms with Gasteiger partial charge in [-0.05, 0) is 42.8 Å². The zero-order chi connectivity index (χ0) is 23.0. The number of carbonyl (C=O) groups excluding carboxylic acids is 3. The minimum atomic E-state index is -1.37. The van der Waals surface area contributed by atoms with Gasteiger partial charge in [0.1, 0.15) is 17.7 Å². The number of aromatic nitrogens is 1. The lowest BCUT2D eigenvalue weighted by Crippen LogP contribution is -2.48. The van der Waals surface area contributed by atoms with Crippen molar-refractivity contribution in [2.24, 2.45) is 0 Å². The topological polar surface area (TPSA) is 79.4 Å².